The molecular formula is C30H27N3O8S. The SMILES string of the molecule is CCOC(=O)C1=C(C)N=c2s/c(=C/c3ccc(-c4ccc([N+](=O)[O-])cc4C)o3)c(=O)n2[C@H]1c1ccc(OC)c(OC)c1. The smallest absolute Gasteiger partial charge is 0.338 e. The molecule has 12 heteroatoms. The maximum Gasteiger partial charge on any atom is 0.338 e. The van der Waals surface area contributed by atoms with Crippen LogP contribution in [0, 0.1) is 17.0 Å². The summed E-state index contributed by atoms with van der Waals surface area (Å²) in [6.07, 6.45) is 1.61. The Kier molecular flexibility index (Phi) is 7.81. The minimum atomic E-state index is -0.822. The number of hydrogen-bond donors (Lipinski definition) is 0. The third kappa shape index (κ3) is 5.12. The molecule has 5 rings (SSSR count). The van der Waals surface area contributed by atoms with E-state index in [-0.39, 0.29) is 23.4 Å². The van der Waals surface area contributed by atoms with Crippen molar-refractivity contribution in [3.8, 4) is 22.8 Å². The Morgan fingerprint density at radius 1 is 1.12 bits per heavy atom. The van der Waals surface area contributed by atoms with Gasteiger partial charge >= 0.3 is 5.97 Å². The lowest BCUT2D eigenvalue weighted by Gasteiger charge is -2.25. The van der Waals surface area contributed by atoms with Gasteiger partial charge in [-0.05, 0) is 62.2 Å². The van der Waals surface area contributed by atoms with Crippen LogP contribution in [0.1, 0.15) is 36.8 Å². The van der Waals surface area contributed by atoms with Crippen molar-refractivity contribution < 1.29 is 28.3 Å². The molecule has 0 N–H and O–H groups in total. The van der Waals surface area contributed by atoms with Crippen LogP contribution >= 0.6 is 11.3 Å². The average Bonchev–Trinajstić information content (AvgIpc) is 3.55. The summed E-state index contributed by atoms with van der Waals surface area (Å²) in [7, 11) is 3.04. The number of nitrogens with zero attached hydrogens (tertiary/aromatic N) is 3. The number of non-ortho nitro benzene ring substituents is 1. The molecule has 0 saturated carbocycles. The molecule has 42 heavy (non-hydrogen) atoms. The zero-order chi connectivity index (χ0) is 30.1. The van der Waals surface area contributed by atoms with E-state index in [1.165, 1.54) is 42.3 Å². The van der Waals surface area contributed by atoms with Crippen molar-refractivity contribution in [2.45, 2.75) is 26.8 Å². The number of ether oxygens (including phenoxy) is 3. The second kappa shape index (κ2) is 11.5. The summed E-state index contributed by atoms with van der Waals surface area (Å²) in [5.41, 5.74) is 2.31. The predicted octanol–water partition coefficient (Wildman–Crippen LogP) is 4.29. The Balaban J connectivity index is 1.63. The van der Waals surface area contributed by atoms with Gasteiger partial charge in [-0.1, -0.05) is 17.4 Å². The van der Waals surface area contributed by atoms with Gasteiger partial charge in [0.05, 0.1) is 47.6 Å². The van der Waals surface area contributed by atoms with Crippen LogP contribution in [0.4, 0.5) is 5.69 Å². The van der Waals surface area contributed by atoms with Gasteiger partial charge in [-0.3, -0.25) is 19.5 Å². The molecule has 0 spiro atoms. The molecule has 1 atom stereocenters. The molecule has 216 valence electrons. The Labute approximate surface area is 243 Å². The summed E-state index contributed by atoms with van der Waals surface area (Å²) in [5, 5.41) is 11.1. The largest absolute Gasteiger partial charge is 0.493 e. The molecule has 2 aromatic heterocycles. The molecule has 0 amide bonds. The summed E-state index contributed by atoms with van der Waals surface area (Å²) >= 11 is 1.17. The van der Waals surface area contributed by atoms with E-state index in [2.05, 4.69) is 4.99 Å². The molecular weight excluding hydrogens is 562 g/mol. The van der Waals surface area contributed by atoms with E-state index in [9.17, 15) is 19.7 Å². The minimum absolute atomic E-state index is 0.00865. The van der Waals surface area contributed by atoms with Crippen LogP contribution in [0.5, 0.6) is 11.5 Å². The molecule has 0 bridgehead atoms. The van der Waals surface area contributed by atoms with Crippen LogP contribution in [0.3, 0.4) is 0 Å². The summed E-state index contributed by atoms with van der Waals surface area (Å²) < 4.78 is 24.0. The molecule has 0 radical (unpaired) electrons. The van der Waals surface area contributed by atoms with Crippen molar-refractivity contribution in [2.24, 2.45) is 4.99 Å². The Morgan fingerprint density at radius 2 is 1.88 bits per heavy atom. The van der Waals surface area contributed by atoms with Gasteiger partial charge in [-0.2, -0.15) is 0 Å². The number of esters is 1. The highest BCUT2D eigenvalue weighted by atomic mass is 32.1. The molecule has 0 unspecified atom stereocenters. The fraction of sp³-hybridized carbons (Fsp3) is 0.233. The first kappa shape index (κ1) is 28.6. The van der Waals surface area contributed by atoms with Crippen LogP contribution in [0.2, 0.25) is 0 Å². The number of nitro benzene ring substituents is 1. The van der Waals surface area contributed by atoms with Crippen molar-refractivity contribution in [3.63, 3.8) is 0 Å². The van der Waals surface area contributed by atoms with Crippen molar-refractivity contribution in [1.29, 1.82) is 0 Å². The van der Waals surface area contributed by atoms with Gasteiger partial charge in [0.2, 0.25) is 0 Å². The number of carbonyl (C=O) groups is 1. The second-order valence-corrected chi connectivity index (χ2v) is 10.4. The Hall–Kier alpha value is -4.97. The molecule has 0 saturated heterocycles. The van der Waals surface area contributed by atoms with Gasteiger partial charge in [-0.15, -0.1) is 0 Å². The van der Waals surface area contributed by atoms with Gasteiger partial charge in [0, 0.05) is 23.8 Å². The van der Waals surface area contributed by atoms with Crippen molar-refractivity contribution in [1.82, 2.24) is 4.57 Å². The van der Waals surface area contributed by atoms with Gasteiger partial charge in [0.25, 0.3) is 11.2 Å². The van der Waals surface area contributed by atoms with E-state index in [1.807, 2.05) is 0 Å². The lowest BCUT2D eigenvalue weighted by molar-refractivity contribution is -0.384. The number of hydrogen-bond acceptors (Lipinski definition) is 10. The minimum Gasteiger partial charge on any atom is -0.493 e. The molecule has 0 fully saturated rings. The average molecular weight is 590 g/mol. The van der Waals surface area contributed by atoms with Gasteiger partial charge < -0.3 is 18.6 Å². The monoisotopic (exact) mass is 589 g/mol. The lowest BCUT2D eigenvalue weighted by Crippen LogP contribution is -2.39. The molecule has 0 aliphatic carbocycles. The highest BCUT2D eigenvalue weighted by molar-refractivity contribution is 7.07. The second-order valence-electron chi connectivity index (χ2n) is 9.38. The third-order valence-corrected chi connectivity index (χ3v) is 7.81. The molecule has 1 aliphatic heterocycles. The van der Waals surface area contributed by atoms with E-state index < -0.39 is 16.9 Å². The zero-order valence-corrected chi connectivity index (χ0v) is 24.3. The maximum absolute atomic E-state index is 13.9. The van der Waals surface area contributed by atoms with Crippen molar-refractivity contribution in [3.05, 3.63) is 106 Å². The summed E-state index contributed by atoms with van der Waals surface area (Å²) in [6, 6.07) is 12.4. The number of methoxy groups -OCH3 is 2. The number of aryl methyl sites for hydroxylation is 1. The number of nitro groups is 1. The maximum atomic E-state index is 13.9. The highest BCUT2D eigenvalue weighted by Crippen LogP contribution is 2.36. The highest BCUT2D eigenvalue weighted by Gasteiger charge is 2.34. The molecule has 4 aromatic rings. The fourth-order valence-electron chi connectivity index (χ4n) is 4.87. The number of thiazole rings is 1. The van der Waals surface area contributed by atoms with E-state index in [0.717, 1.165) is 0 Å². The van der Waals surface area contributed by atoms with Crippen LogP contribution in [0.25, 0.3) is 17.4 Å². The fourth-order valence-corrected chi connectivity index (χ4v) is 5.90. The quantitative estimate of drug-likeness (QED) is 0.169. The lowest BCUT2D eigenvalue weighted by atomic mass is 9.95. The van der Waals surface area contributed by atoms with Crippen molar-refractivity contribution in [2.75, 3.05) is 20.8 Å². The number of benzene rings is 2. The summed E-state index contributed by atoms with van der Waals surface area (Å²) in [5.74, 6) is 1.30. The molecule has 11 nitrogen and oxygen atoms in total. The Morgan fingerprint density at radius 3 is 2.55 bits per heavy atom. The summed E-state index contributed by atoms with van der Waals surface area (Å²) in [4.78, 5) is 42.7. The van der Waals surface area contributed by atoms with Crippen LogP contribution in [-0.2, 0) is 9.53 Å². The van der Waals surface area contributed by atoms with E-state index in [4.69, 9.17) is 18.6 Å². The molecule has 3 heterocycles. The van der Waals surface area contributed by atoms with Gasteiger partial charge in [0.1, 0.15) is 11.5 Å². The number of rotatable bonds is 8. The van der Waals surface area contributed by atoms with Crippen LogP contribution in [0.15, 0.2) is 74.0 Å². The van der Waals surface area contributed by atoms with Gasteiger partial charge in [-0.25, -0.2) is 9.79 Å². The zero-order valence-electron chi connectivity index (χ0n) is 23.5. The first-order valence-electron chi connectivity index (χ1n) is 12.9. The number of carbonyl (C=O) groups excluding carboxylic acids is 1. The first-order chi connectivity index (χ1) is 20.2. The van der Waals surface area contributed by atoms with E-state index in [1.54, 1.807) is 63.2 Å². The van der Waals surface area contributed by atoms with Crippen LogP contribution < -0.4 is 24.4 Å². The Bertz CT molecular complexity index is 1930. The topological polar surface area (TPSA) is 135 Å². The van der Waals surface area contributed by atoms with E-state index >= 15 is 0 Å². The van der Waals surface area contributed by atoms with E-state index in [0.29, 0.717) is 54.7 Å². The first-order valence-corrected chi connectivity index (χ1v) is 13.7. The number of aromatic nitrogens is 1. The third-order valence-electron chi connectivity index (χ3n) is 6.83. The standard InChI is InChI=1S/C30H27N3O8S/c1-6-40-29(35)26-17(3)31-30-32(27(26)18-7-11-23(38-4)24(14-18)39-5)28(34)25(42-30)15-20-9-12-22(41-20)21-10-8-19(33(36)37)13-16(21)2/h7-15,27H,6H2,1-5H3/b25-15+/t27-/m0/s1. The number of allylic oxidation sites excluding steroid dienone is 1. The van der Waals surface area contributed by atoms with Crippen molar-refractivity contribution >= 4 is 29.1 Å². The molecule has 2 aromatic carbocycles. The molecule has 1 aliphatic rings. The predicted molar refractivity (Wildman–Crippen MR) is 155 cm³/mol. The number of furan rings is 1. The normalized spacial score (nSPS) is 14.8. The van der Waals surface area contributed by atoms with Gasteiger partial charge in [0.15, 0.2) is 16.3 Å². The van der Waals surface area contributed by atoms with Crippen LogP contribution in [-0.4, -0.2) is 36.3 Å². The summed E-state index contributed by atoms with van der Waals surface area (Å²) in [6.45, 7) is 5.35. The number of fused-ring (bicyclic) bond motifs is 1.